The zero-order chi connectivity index (χ0) is 24.8. The molecule has 3 aromatic rings. The lowest BCUT2D eigenvalue weighted by atomic mass is 9.64. The highest BCUT2D eigenvalue weighted by molar-refractivity contribution is 5.64. The van der Waals surface area contributed by atoms with Crippen LogP contribution < -0.4 is 10.2 Å². The lowest BCUT2D eigenvalue weighted by molar-refractivity contribution is -0.137. The van der Waals surface area contributed by atoms with Crippen LogP contribution in [0.5, 0.6) is 0 Å². The van der Waals surface area contributed by atoms with E-state index in [1.807, 2.05) is 19.1 Å². The average molecular weight is 481 g/mol. The van der Waals surface area contributed by atoms with Crippen molar-refractivity contribution in [2.45, 2.75) is 57.5 Å². The summed E-state index contributed by atoms with van der Waals surface area (Å²) in [5, 5.41) is 3.21. The number of allylic oxidation sites excluding steroid dienone is 1. The van der Waals surface area contributed by atoms with Crippen LogP contribution in [0.4, 0.5) is 30.5 Å². The number of hydrogen-bond donors (Lipinski definition) is 1. The standard InChI is InChI=1S/C26H27F3N6/c1-16-14-19(26(27,28)29)15-31-24(16)32-17(2)25(10-5-11-25)22-8-7-21-20(34-22)6-4-13-35(21)23-9-12-30-18(3)33-23/h7-9,12,14-15H,2,4-6,10-11,13H2,1,3H3,(H,31,32). The molecule has 4 heterocycles. The third-order valence-corrected chi connectivity index (χ3v) is 7.02. The largest absolute Gasteiger partial charge is 0.417 e. The summed E-state index contributed by atoms with van der Waals surface area (Å²) in [4.78, 5) is 20.1. The van der Waals surface area contributed by atoms with Gasteiger partial charge in [-0.1, -0.05) is 13.0 Å². The van der Waals surface area contributed by atoms with Crippen molar-refractivity contribution in [1.82, 2.24) is 19.9 Å². The number of hydrogen-bond acceptors (Lipinski definition) is 6. The van der Waals surface area contributed by atoms with Gasteiger partial charge in [0.1, 0.15) is 17.5 Å². The van der Waals surface area contributed by atoms with Crippen LogP contribution in [0.1, 0.15) is 54.0 Å². The molecule has 5 rings (SSSR count). The molecule has 0 atom stereocenters. The van der Waals surface area contributed by atoms with E-state index in [1.165, 1.54) is 0 Å². The predicted octanol–water partition coefficient (Wildman–Crippen LogP) is 6.03. The van der Waals surface area contributed by atoms with E-state index in [-0.39, 0.29) is 5.41 Å². The van der Waals surface area contributed by atoms with Gasteiger partial charge in [0.2, 0.25) is 0 Å². The quantitative estimate of drug-likeness (QED) is 0.481. The van der Waals surface area contributed by atoms with Gasteiger partial charge >= 0.3 is 6.18 Å². The fourth-order valence-electron chi connectivity index (χ4n) is 4.91. The van der Waals surface area contributed by atoms with Gasteiger partial charge in [-0.05, 0) is 69.4 Å². The monoisotopic (exact) mass is 480 g/mol. The second-order valence-corrected chi connectivity index (χ2v) is 9.31. The number of aromatic nitrogens is 4. The van der Waals surface area contributed by atoms with E-state index in [0.717, 1.165) is 79.6 Å². The van der Waals surface area contributed by atoms with E-state index >= 15 is 0 Å². The molecule has 2 aliphatic rings. The first kappa shape index (κ1) is 23.3. The molecular weight excluding hydrogens is 453 g/mol. The number of alkyl halides is 3. The Bertz CT molecular complexity index is 1280. The molecule has 9 heteroatoms. The number of anilines is 3. The Labute approximate surface area is 202 Å². The Morgan fingerprint density at radius 1 is 1.09 bits per heavy atom. The molecule has 1 fully saturated rings. The van der Waals surface area contributed by atoms with Crippen LogP contribution in [0.2, 0.25) is 0 Å². The smallest absolute Gasteiger partial charge is 0.343 e. The van der Waals surface area contributed by atoms with Crippen molar-refractivity contribution in [3.63, 3.8) is 0 Å². The van der Waals surface area contributed by atoms with E-state index in [4.69, 9.17) is 4.98 Å². The molecule has 0 spiro atoms. The summed E-state index contributed by atoms with van der Waals surface area (Å²) >= 11 is 0. The first-order chi connectivity index (χ1) is 16.7. The number of pyridine rings is 2. The van der Waals surface area contributed by atoms with E-state index in [1.54, 1.807) is 13.1 Å². The molecule has 0 aromatic carbocycles. The summed E-state index contributed by atoms with van der Waals surface area (Å²) < 4.78 is 39.1. The number of aryl methyl sites for hydroxylation is 3. The second kappa shape index (κ2) is 8.62. The second-order valence-electron chi connectivity index (χ2n) is 9.31. The molecule has 182 valence electrons. The number of fused-ring (bicyclic) bond motifs is 1. The molecule has 0 unspecified atom stereocenters. The van der Waals surface area contributed by atoms with E-state index in [2.05, 4.69) is 37.8 Å². The Kier molecular flexibility index (Phi) is 5.73. The minimum Gasteiger partial charge on any atom is -0.343 e. The third kappa shape index (κ3) is 4.24. The lowest BCUT2D eigenvalue weighted by Gasteiger charge is -2.44. The summed E-state index contributed by atoms with van der Waals surface area (Å²) in [7, 11) is 0. The van der Waals surface area contributed by atoms with Crippen LogP contribution in [-0.4, -0.2) is 26.5 Å². The van der Waals surface area contributed by atoms with Crippen molar-refractivity contribution in [2.24, 2.45) is 0 Å². The molecule has 35 heavy (non-hydrogen) atoms. The van der Waals surface area contributed by atoms with Crippen LogP contribution in [0, 0.1) is 13.8 Å². The molecule has 1 N–H and O–H groups in total. The number of halogens is 3. The highest BCUT2D eigenvalue weighted by Gasteiger charge is 2.43. The van der Waals surface area contributed by atoms with Crippen molar-refractivity contribution in [1.29, 1.82) is 0 Å². The predicted molar refractivity (Wildman–Crippen MR) is 129 cm³/mol. The maximum atomic E-state index is 13.0. The highest BCUT2D eigenvalue weighted by Crippen LogP contribution is 2.49. The van der Waals surface area contributed by atoms with Crippen molar-refractivity contribution >= 4 is 17.3 Å². The number of nitrogens with one attached hydrogen (secondary N) is 1. The van der Waals surface area contributed by atoms with Crippen LogP contribution in [0.15, 0.2) is 48.9 Å². The molecule has 1 aliphatic heterocycles. The zero-order valence-corrected chi connectivity index (χ0v) is 19.8. The van der Waals surface area contributed by atoms with Gasteiger partial charge in [-0.3, -0.25) is 4.98 Å². The third-order valence-electron chi connectivity index (χ3n) is 7.02. The molecule has 0 bridgehead atoms. The van der Waals surface area contributed by atoms with E-state index in [9.17, 15) is 13.2 Å². The normalized spacial score (nSPS) is 16.9. The van der Waals surface area contributed by atoms with E-state index in [0.29, 0.717) is 17.1 Å². The number of rotatable bonds is 5. The molecule has 1 saturated carbocycles. The van der Waals surface area contributed by atoms with Gasteiger partial charge < -0.3 is 10.2 Å². The van der Waals surface area contributed by atoms with Crippen LogP contribution in [0.25, 0.3) is 0 Å². The Hall–Kier alpha value is -3.49. The zero-order valence-electron chi connectivity index (χ0n) is 19.8. The van der Waals surface area contributed by atoms with Crippen molar-refractivity contribution in [3.05, 3.63) is 77.3 Å². The van der Waals surface area contributed by atoms with Gasteiger partial charge in [-0.25, -0.2) is 15.0 Å². The Morgan fingerprint density at radius 2 is 1.89 bits per heavy atom. The topological polar surface area (TPSA) is 66.8 Å². The maximum Gasteiger partial charge on any atom is 0.417 e. The molecule has 6 nitrogen and oxygen atoms in total. The van der Waals surface area contributed by atoms with E-state index < -0.39 is 11.7 Å². The van der Waals surface area contributed by atoms with Gasteiger partial charge in [-0.15, -0.1) is 0 Å². The first-order valence-electron chi connectivity index (χ1n) is 11.8. The Balaban J connectivity index is 1.42. The molecule has 0 saturated heterocycles. The number of nitrogens with zero attached hydrogens (tertiary/aromatic N) is 5. The molecule has 0 radical (unpaired) electrons. The van der Waals surface area contributed by atoms with Gasteiger partial charge in [0.05, 0.1) is 28.1 Å². The molecular formula is C26H27F3N6. The summed E-state index contributed by atoms with van der Waals surface area (Å²) in [6.45, 7) is 8.63. The molecule has 3 aromatic heterocycles. The fourth-order valence-corrected chi connectivity index (χ4v) is 4.91. The average Bonchev–Trinajstić information content (AvgIpc) is 2.78. The molecule has 1 aliphatic carbocycles. The van der Waals surface area contributed by atoms with Crippen molar-refractivity contribution < 1.29 is 13.2 Å². The van der Waals surface area contributed by atoms with Crippen molar-refractivity contribution in [3.8, 4) is 0 Å². The van der Waals surface area contributed by atoms with Gasteiger partial charge in [0.15, 0.2) is 0 Å². The van der Waals surface area contributed by atoms with Crippen LogP contribution >= 0.6 is 0 Å². The minimum absolute atomic E-state index is 0.375. The minimum atomic E-state index is -4.42. The Morgan fingerprint density at radius 3 is 2.54 bits per heavy atom. The highest BCUT2D eigenvalue weighted by atomic mass is 19.4. The lowest BCUT2D eigenvalue weighted by Crippen LogP contribution is -2.40. The van der Waals surface area contributed by atoms with Gasteiger partial charge in [0.25, 0.3) is 0 Å². The summed E-state index contributed by atoms with van der Waals surface area (Å²) in [5.74, 6) is 1.97. The summed E-state index contributed by atoms with van der Waals surface area (Å²) in [6.07, 6.45) is 2.82. The van der Waals surface area contributed by atoms with Crippen LogP contribution in [0.3, 0.4) is 0 Å². The van der Waals surface area contributed by atoms with Crippen LogP contribution in [-0.2, 0) is 18.0 Å². The van der Waals surface area contributed by atoms with Crippen molar-refractivity contribution in [2.75, 3.05) is 16.8 Å². The summed E-state index contributed by atoms with van der Waals surface area (Å²) in [5.41, 5.74) is 3.00. The van der Waals surface area contributed by atoms with Gasteiger partial charge in [0, 0.05) is 24.6 Å². The maximum absolute atomic E-state index is 13.0. The first-order valence-corrected chi connectivity index (χ1v) is 11.8. The SMILES string of the molecule is C=C(Nc1ncc(C(F)(F)F)cc1C)C1(c2ccc3c(n2)CCCN3c2ccnc(C)n2)CCC1. The molecule has 0 amide bonds. The summed E-state index contributed by atoms with van der Waals surface area (Å²) in [6, 6.07) is 7.17. The fraction of sp³-hybridized carbons (Fsp3) is 0.385. The van der Waals surface area contributed by atoms with Gasteiger partial charge in [-0.2, -0.15) is 13.2 Å².